The average Bonchev–Trinajstić information content (AvgIpc) is 3.02. The second kappa shape index (κ2) is 7.78. The first-order valence-electron chi connectivity index (χ1n) is 7.83. The van der Waals surface area contributed by atoms with Crippen LogP contribution < -0.4 is 0 Å². The number of alkyl halides is 3. The summed E-state index contributed by atoms with van der Waals surface area (Å²) in [6.07, 6.45) is -2.97. The van der Waals surface area contributed by atoms with Gasteiger partial charge in [0.2, 0.25) is 0 Å². The summed E-state index contributed by atoms with van der Waals surface area (Å²) < 4.78 is 40.2. The van der Waals surface area contributed by atoms with E-state index >= 15 is 0 Å². The van der Waals surface area contributed by atoms with Gasteiger partial charge in [-0.05, 0) is 5.56 Å². The van der Waals surface area contributed by atoms with Crippen molar-refractivity contribution in [1.29, 1.82) is 0 Å². The highest BCUT2D eigenvalue weighted by Gasteiger charge is 2.31. The summed E-state index contributed by atoms with van der Waals surface area (Å²) in [7, 11) is 0. The van der Waals surface area contributed by atoms with Crippen LogP contribution in [0.4, 0.5) is 13.2 Å². The zero-order valence-corrected chi connectivity index (χ0v) is 14.4. The van der Waals surface area contributed by atoms with Crippen LogP contribution in [0.25, 0.3) is 11.3 Å². The molecule has 0 saturated heterocycles. The van der Waals surface area contributed by atoms with Gasteiger partial charge in [-0.25, -0.2) is 4.98 Å². The molecule has 0 saturated carbocycles. The van der Waals surface area contributed by atoms with Gasteiger partial charge in [0, 0.05) is 5.56 Å². The van der Waals surface area contributed by atoms with Crippen LogP contribution >= 0.6 is 11.8 Å². The third-order valence-electron chi connectivity index (χ3n) is 3.65. The van der Waals surface area contributed by atoms with Crippen molar-refractivity contribution in [3.63, 3.8) is 0 Å². The monoisotopic (exact) mass is 376 g/mol. The molecule has 3 rings (SSSR count). The molecule has 0 atom stereocenters. The molecule has 0 aliphatic heterocycles. The summed E-state index contributed by atoms with van der Waals surface area (Å²) in [6.45, 7) is -1.15. The number of carbonyl (C=O) groups excluding carboxylic acids is 1. The number of imidazole rings is 1. The van der Waals surface area contributed by atoms with Crippen molar-refractivity contribution in [3.8, 4) is 11.3 Å². The molecule has 1 aromatic heterocycles. The van der Waals surface area contributed by atoms with Crippen molar-refractivity contribution in [2.24, 2.45) is 0 Å². The summed E-state index contributed by atoms with van der Waals surface area (Å²) in [5.74, 6) is -0.133. The van der Waals surface area contributed by atoms with E-state index in [0.29, 0.717) is 16.8 Å². The predicted molar refractivity (Wildman–Crippen MR) is 95.2 cm³/mol. The first-order chi connectivity index (χ1) is 12.4. The molecule has 0 spiro atoms. The first-order valence-corrected chi connectivity index (χ1v) is 8.81. The van der Waals surface area contributed by atoms with Crippen LogP contribution in [0.5, 0.6) is 0 Å². The van der Waals surface area contributed by atoms with Gasteiger partial charge in [-0.2, -0.15) is 13.2 Å². The highest BCUT2D eigenvalue weighted by molar-refractivity contribution is 7.99. The lowest BCUT2D eigenvalue weighted by atomic mass is 10.2. The maximum atomic E-state index is 13.0. The molecule has 26 heavy (non-hydrogen) atoms. The van der Waals surface area contributed by atoms with E-state index in [-0.39, 0.29) is 16.7 Å². The molecular weight excluding hydrogens is 361 g/mol. The molecule has 3 aromatic rings. The van der Waals surface area contributed by atoms with Gasteiger partial charge in [0.1, 0.15) is 6.54 Å². The Kier molecular flexibility index (Phi) is 5.46. The number of aromatic nitrogens is 2. The van der Waals surface area contributed by atoms with E-state index in [2.05, 4.69) is 4.98 Å². The van der Waals surface area contributed by atoms with Crippen LogP contribution in [0.15, 0.2) is 72.0 Å². The molecule has 0 bridgehead atoms. The quantitative estimate of drug-likeness (QED) is 0.444. The fourth-order valence-corrected chi connectivity index (χ4v) is 3.36. The number of carbonyl (C=O) groups is 1. The Hall–Kier alpha value is -2.54. The van der Waals surface area contributed by atoms with Gasteiger partial charge < -0.3 is 4.57 Å². The Labute approximate surface area is 152 Å². The fraction of sp³-hybridized carbons (Fsp3) is 0.158. The van der Waals surface area contributed by atoms with Gasteiger partial charge in [0.25, 0.3) is 0 Å². The van der Waals surface area contributed by atoms with E-state index in [1.165, 1.54) is 6.20 Å². The number of nitrogens with zero attached hydrogens (tertiary/aromatic N) is 2. The highest BCUT2D eigenvalue weighted by atomic mass is 32.2. The summed E-state index contributed by atoms with van der Waals surface area (Å²) in [4.78, 5) is 16.3. The Bertz CT molecular complexity index is 877. The van der Waals surface area contributed by atoms with Crippen molar-refractivity contribution in [1.82, 2.24) is 9.55 Å². The van der Waals surface area contributed by atoms with E-state index in [1.54, 1.807) is 60.7 Å². The SMILES string of the molecule is O=C(CSc1ncc(-c2ccccc2)n1CC(F)(F)F)c1ccccc1. The number of rotatable bonds is 6. The van der Waals surface area contributed by atoms with Crippen LogP contribution in [-0.2, 0) is 6.54 Å². The molecule has 0 amide bonds. The number of halogens is 3. The molecule has 0 aliphatic rings. The Morgan fingerprint density at radius 3 is 2.23 bits per heavy atom. The Morgan fingerprint density at radius 2 is 1.62 bits per heavy atom. The van der Waals surface area contributed by atoms with E-state index in [9.17, 15) is 18.0 Å². The lowest BCUT2D eigenvalue weighted by molar-refractivity contribution is -0.141. The molecule has 0 radical (unpaired) electrons. The van der Waals surface area contributed by atoms with E-state index in [1.807, 2.05) is 0 Å². The fourth-order valence-electron chi connectivity index (χ4n) is 2.48. The van der Waals surface area contributed by atoms with Crippen molar-refractivity contribution in [3.05, 3.63) is 72.4 Å². The molecule has 134 valence electrons. The largest absolute Gasteiger partial charge is 0.406 e. The molecule has 1 heterocycles. The number of hydrogen-bond acceptors (Lipinski definition) is 3. The minimum absolute atomic E-state index is 0.0209. The van der Waals surface area contributed by atoms with Gasteiger partial charge >= 0.3 is 6.18 Å². The summed E-state index contributed by atoms with van der Waals surface area (Å²) in [5.41, 5.74) is 1.54. The van der Waals surface area contributed by atoms with Crippen molar-refractivity contribution < 1.29 is 18.0 Å². The standard InChI is InChI=1S/C19H15F3N2OS/c20-19(21,22)13-24-16(14-7-3-1-4-8-14)11-23-18(24)26-12-17(25)15-9-5-2-6-10-15/h1-11H,12-13H2. The van der Waals surface area contributed by atoms with Crippen molar-refractivity contribution >= 4 is 17.5 Å². The van der Waals surface area contributed by atoms with Gasteiger partial charge in [-0.15, -0.1) is 0 Å². The number of ketones is 1. The van der Waals surface area contributed by atoms with Gasteiger partial charge in [-0.1, -0.05) is 72.4 Å². The maximum Gasteiger partial charge on any atom is 0.406 e. The molecule has 3 nitrogen and oxygen atoms in total. The molecule has 0 unspecified atom stereocenters. The Balaban J connectivity index is 1.85. The topological polar surface area (TPSA) is 34.9 Å². The van der Waals surface area contributed by atoms with Gasteiger partial charge in [0.15, 0.2) is 10.9 Å². The lowest BCUT2D eigenvalue weighted by Crippen LogP contribution is -2.19. The van der Waals surface area contributed by atoms with Crippen LogP contribution in [0.2, 0.25) is 0 Å². The minimum atomic E-state index is -4.39. The molecule has 0 N–H and O–H groups in total. The third kappa shape index (κ3) is 4.54. The summed E-state index contributed by atoms with van der Waals surface area (Å²) in [6, 6.07) is 17.4. The number of hydrogen-bond donors (Lipinski definition) is 0. The van der Waals surface area contributed by atoms with E-state index in [4.69, 9.17) is 0 Å². The number of benzene rings is 2. The van der Waals surface area contributed by atoms with Crippen LogP contribution in [0.3, 0.4) is 0 Å². The smallest absolute Gasteiger partial charge is 0.310 e. The summed E-state index contributed by atoms with van der Waals surface area (Å²) in [5, 5.41) is 0.172. The second-order valence-electron chi connectivity index (χ2n) is 5.57. The van der Waals surface area contributed by atoms with Crippen molar-refractivity contribution in [2.45, 2.75) is 17.9 Å². The first kappa shape index (κ1) is 18.3. The van der Waals surface area contributed by atoms with Crippen LogP contribution in [0.1, 0.15) is 10.4 Å². The summed E-state index contributed by atoms with van der Waals surface area (Å²) >= 11 is 1.01. The molecule has 7 heteroatoms. The van der Waals surface area contributed by atoms with Crippen LogP contribution in [-0.4, -0.2) is 27.3 Å². The molecule has 0 fully saturated rings. The molecule has 0 aliphatic carbocycles. The Morgan fingerprint density at radius 1 is 1.00 bits per heavy atom. The van der Waals surface area contributed by atoms with Gasteiger partial charge in [-0.3, -0.25) is 4.79 Å². The maximum absolute atomic E-state index is 13.0. The third-order valence-corrected chi connectivity index (χ3v) is 4.64. The minimum Gasteiger partial charge on any atom is -0.310 e. The zero-order valence-electron chi connectivity index (χ0n) is 13.6. The predicted octanol–water partition coefficient (Wildman–Crippen LogP) is 5.09. The number of thioether (sulfide) groups is 1. The van der Waals surface area contributed by atoms with Gasteiger partial charge in [0.05, 0.1) is 17.6 Å². The lowest BCUT2D eigenvalue weighted by Gasteiger charge is -2.14. The highest BCUT2D eigenvalue weighted by Crippen LogP contribution is 2.30. The zero-order chi connectivity index (χ0) is 18.6. The van der Waals surface area contributed by atoms with E-state index < -0.39 is 12.7 Å². The normalized spacial score (nSPS) is 11.5. The van der Waals surface area contributed by atoms with E-state index in [0.717, 1.165) is 16.3 Å². The second-order valence-corrected chi connectivity index (χ2v) is 6.51. The van der Waals surface area contributed by atoms with Crippen molar-refractivity contribution in [2.75, 3.05) is 5.75 Å². The van der Waals surface area contributed by atoms with Crippen LogP contribution in [0, 0.1) is 0 Å². The molecular formula is C19H15F3N2OS. The molecule has 2 aromatic carbocycles. The number of Topliss-reactive ketones (excluding diaryl/α,β-unsaturated/α-hetero) is 1. The average molecular weight is 376 g/mol.